The van der Waals surface area contributed by atoms with Gasteiger partial charge in [0.2, 0.25) is 0 Å². The van der Waals surface area contributed by atoms with E-state index >= 15 is 0 Å². The monoisotopic (exact) mass is 304 g/mol. The molecule has 0 heterocycles. The molecule has 0 atom stereocenters. The van der Waals surface area contributed by atoms with Crippen molar-refractivity contribution in [2.45, 2.75) is 33.6 Å². The Hall–Kier alpha value is -2.23. The van der Waals surface area contributed by atoms with Crippen LogP contribution in [-0.4, -0.2) is 24.8 Å². The first-order valence-corrected chi connectivity index (χ1v) is 7.27. The largest absolute Gasteiger partial charge is 0.507 e. The number of hydrogen-bond donors (Lipinski definition) is 1. The smallest absolute Gasteiger partial charge is 0.341 e. The molecule has 0 radical (unpaired) electrons. The molecule has 0 bridgehead atoms. The molecule has 1 rings (SSSR count). The fourth-order valence-corrected chi connectivity index (χ4v) is 1.85. The lowest BCUT2D eigenvalue weighted by Crippen LogP contribution is -2.02. The van der Waals surface area contributed by atoms with Gasteiger partial charge in [-0.05, 0) is 51.8 Å². The Morgan fingerprint density at radius 2 is 1.95 bits per heavy atom. The van der Waals surface area contributed by atoms with Crippen LogP contribution in [0, 0.1) is 0 Å². The predicted molar refractivity (Wildman–Crippen MR) is 87.4 cm³/mol. The van der Waals surface area contributed by atoms with Gasteiger partial charge in [0.1, 0.15) is 23.7 Å². The van der Waals surface area contributed by atoms with E-state index in [1.54, 1.807) is 6.07 Å². The molecule has 0 amide bonds. The lowest BCUT2D eigenvalue weighted by Gasteiger charge is -2.07. The number of carbonyl (C=O) groups excluding carboxylic acids is 1. The third kappa shape index (κ3) is 6.04. The summed E-state index contributed by atoms with van der Waals surface area (Å²) in [5, 5.41) is 9.77. The fraction of sp³-hybridized carbons (Fsp3) is 0.389. The van der Waals surface area contributed by atoms with Gasteiger partial charge in [0.25, 0.3) is 0 Å². The van der Waals surface area contributed by atoms with Crippen molar-refractivity contribution in [2.75, 3.05) is 13.7 Å². The molecule has 0 aromatic heterocycles. The molecular weight excluding hydrogens is 280 g/mol. The van der Waals surface area contributed by atoms with Gasteiger partial charge in [0.05, 0.1) is 7.11 Å². The highest BCUT2D eigenvalue weighted by Gasteiger charge is 2.11. The van der Waals surface area contributed by atoms with E-state index in [0.717, 1.165) is 12.8 Å². The summed E-state index contributed by atoms with van der Waals surface area (Å²) in [6.07, 6.45) is 6.26. The van der Waals surface area contributed by atoms with E-state index in [-0.39, 0.29) is 11.3 Å². The van der Waals surface area contributed by atoms with E-state index in [2.05, 4.69) is 31.6 Å². The van der Waals surface area contributed by atoms with Crippen LogP contribution >= 0.6 is 0 Å². The number of hydrogen-bond acceptors (Lipinski definition) is 4. The highest BCUT2D eigenvalue weighted by atomic mass is 16.5. The molecular formula is C18H24O4. The van der Waals surface area contributed by atoms with Gasteiger partial charge in [0, 0.05) is 6.07 Å². The molecule has 1 aromatic rings. The molecule has 1 aromatic carbocycles. The number of benzene rings is 1. The maximum atomic E-state index is 11.4. The molecule has 0 spiro atoms. The van der Waals surface area contributed by atoms with Gasteiger partial charge in [-0.3, -0.25) is 0 Å². The van der Waals surface area contributed by atoms with Gasteiger partial charge in [-0.25, -0.2) is 4.79 Å². The number of ether oxygens (including phenoxy) is 2. The first-order valence-electron chi connectivity index (χ1n) is 7.27. The summed E-state index contributed by atoms with van der Waals surface area (Å²) in [6.45, 7) is 6.68. The van der Waals surface area contributed by atoms with Crippen molar-refractivity contribution >= 4 is 5.97 Å². The van der Waals surface area contributed by atoms with Crippen LogP contribution in [0.3, 0.4) is 0 Å². The Morgan fingerprint density at radius 1 is 1.23 bits per heavy atom. The highest BCUT2D eigenvalue weighted by Crippen LogP contribution is 2.24. The van der Waals surface area contributed by atoms with Gasteiger partial charge < -0.3 is 14.6 Å². The normalized spacial score (nSPS) is 11.0. The van der Waals surface area contributed by atoms with Crippen LogP contribution in [0.1, 0.15) is 44.0 Å². The standard InChI is InChI=1S/C18H24O4/c1-13(2)6-5-7-14(3)10-11-22-15-8-9-16(17(19)12-15)18(20)21-4/h6,8-10,12,19H,5,7,11H2,1-4H3/b14-10+. The summed E-state index contributed by atoms with van der Waals surface area (Å²) >= 11 is 0. The topological polar surface area (TPSA) is 55.8 Å². The minimum Gasteiger partial charge on any atom is -0.507 e. The van der Waals surface area contributed by atoms with Gasteiger partial charge >= 0.3 is 5.97 Å². The number of methoxy groups -OCH3 is 1. The Balaban J connectivity index is 2.53. The van der Waals surface area contributed by atoms with Crippen LogP contribution in [0.2, 0.25) is 0 Å². The van der Waals surface area contributed by atoms with E-state index in [0.29, 0.717) is 12.4 Å². The van der Waals surface area contributed by atoms with E-state index in [9.17, 15) is 9.90 Å². The second-order valence-electron chi connectivity index (χ2n) is 5.35. The second-order valence-corrected chi connectivity index (χ2v) is 5.35. The van der Waals surface area contributed by atoms with E-state index in [1.807, 2.05) is 6.08 Å². The Bertz CT molecular complexity index is 566. The third-order valence-corrected chi connectivity index (χ3v) is 3.15. The first kappa shape index (κ1) is 17.8. The number of phenolic OH excluding ortho intramolecular Hbond substituents is 1. The van der Waals surface area contributed by atoms with Gasteiger partial charge in [0.15, 0.2) is 0 Å². The number of allylic oxidation sites excluding steroid dienone is 3. The molecule has 0 unspecified atom stereocenters. The summed E-state index contributed by atoms with van der Waals surface area (Å²) < 4.78 is 10.1. The molecule has 0 aliphatic rings. The van der Waals surface area contributed by atoms with Gasteiger partial charge in [-0.1, -0.05) is 17.2 Å². The molecule has 0 saturated heterocycles. The van der Waals surface area contributed by atoms with Crippen molar-refractivity contribution in [2.24, 2.45) is 0 Å². The van der Waals surface area contributed by atoms with Crippen molar-refractivity contribution in [1.29, 1.82) is 0 Å². The van der Waals surface area contributed by atoms with Crippen molar-refractivity contribution in [3.8, 4) is 11.5 Å². The van der Waals surface area contributed by atoms with Crippen molar-refractivity contribution < 1.29 is 19.4 Å². The Kier molecular flexibility index (Phi) is 7.23. The zero-order valence-corrected chi connectivity index (χ0v) is 13.7. The Labute approximate surface area is 132 Å². The number of esters is 1. The van der Waals surface area contributed by atoms with E-state index in [1.165, 1.54) is 30.4 Å². The lowest BCUT2D eigenvalue weighted by atomic mass is 10.1. The zero-order chi connectivity index (χ0) is 16.5. The number of aromatic hydroxyl groups is 1. The molecule has 0 fully saturated rings. The summed E-state index contributed by atoms with van der Waals surface area (Å²) in [6, 6.07) is 4.54. The van der Waals surface area contributed by atoms with Crippen molar-refractivity contribution in [3.63, 3.8) is 0 Å². The third-order valence-electron chi connectivity index (χ3n) is 3.15. The molecule has 1 N–H and O–H groups in total. The second kappa shape index (κ2) is 8.93. The first-order chi connectivity index (χ1) is 10.4. The van der Waals surface area contributed by atoms with Crippen LogP contribution in [0.4, 0.5) is 0 Å². The van der Waals surface area contributed by atoms with Gasteiger partial charge in [-0.2, -0.15) is 0 Å². The quantitative estimate of drug-likeness (QED) is 0.604. The summed E-state index contributed by atoms with van der Waals surface area (Å²) in [5.74, 6) is -0.203. The summed E-state index contributed by atoms with van der Waals surface area (Å²) in [7, 11) is 1.27. The molecule has 4 heteroatoms. The zero-order valence-electron chi connectivity index (χ0n) is 13.7. The van der Waals surface area contributed by atoms with Crippen molar-refractivity contribution in [3.05, 3.63) is 47.1 Å². The van der Waals surface area contributed by atoms with Crippen LogP contribution in [0.5, 0.6) is 11.5 Å². The number of carbonyl (C=O) groups is 1. The van der Waals surface area contributed by atoms with Crippen LogP contribution in [-0.2, 0) is 4.74 Å². The lowest BCUT2D eigenvalue weighted by molar-refractivity contribution is 0.0597. The molecule has 0 saturated carbocycles. The molecule has 120 valence electrons. The highest BCUT2D eigenvalue weighted by molar-refractivity contribution is 5.92. The maximum Gasteiger partial charge on any atom is 0.341 e. The molecule has 22 heavy (non-hydrogen) atoms. The molecule has 4 nitrogen and oxygen atoms in total. The predicted octanol–water partition coefficient (Wildman–Crippen LogP) is 4.25. The van der Waals surface area contributed by atoms with E-state index < -0.39 is 5.97 Å². The average molecular weight is 304 g/mol. The maximum absolute atomic E-state index is 11.4. The molecule has 0 aliphatic carbocycles. The average Bonchev–Trinajstić information content (AvgIpc) is 2.46. The molecule has 0 aliphatic heterocycles. The van der Waals surface area contributed by atoms with Crippen molar-refractivity contribution in [1.82, 2.24) is 0 Å². The van der Waals surface area contributed by atoms with Gasteiger partial charge in [-0.15, -0.1) is 0 Å². The van der Waals surface area contributed by atoms with Crippen LogP contribution < -0.4 is 4.74 Å². The minimum atomic E-state index is -0.570. The SMILES string of the molecule is COC(=O)c1ccc(OC/C=C(\C)CCC=C(C)C)cc1O. The number of rotatable bonds is 7. The Morgan fingerprint density at radius 3 is 2.55 bits per heavy atom. The van der Waals surface area contributed by atoms with Crippen LogP contribution in [0.15, 0.2) is 41.5 Å². The van der Waals surface area contributed by atoms with Crippen LogP contribution in [0.25, 0.3) is 0 Å². The minimum absolute atomic E-state index is 0.128. The summed E-state index contributed by atoms with van der Waals surface area (Å²) in [5.41, 5.74) is 2.71. The fourth-order valence-electron chi connectivity index (χ4n) is 1.85. The van der Waals surface area contributed by atoms with E-state index in [4.69, 9.17) is 4.74 Å². The number of phenols is 1. The summed E-state index contributed by atoms with van der Waals surface area (Å²) in [4.78, 5) is 11.4.